The number of benzene rings is 1. The van der Waals surface area contributed by atoms with Crippen molar-refractivity contribution in [1.29, 1.82) is 0 Å². The third-order valence-corrected chi connectivity index (χ3v) is 4.46. The summed E-state index contributed by atoms with van der Waals surface area (Å²) in [5, 5.41) is 8.24. The summed E-state index contributed by atoms with van der Waals surface area (Å²) in [6, 6.07) is 3.90. The quantitative estimate of drug-likeness (QED) is 0.840. The van der Waals surface area contributed by atoms with Crippen LogP contribution in [0.4, 0.5) is 10.1 Å². The third kappa shape index (κ3) is 4.86. The van der Waals surface area contributed by atoms with Gasteiger partial charge in [0.15, 0.2) is 0 Å². The molecule has 0 aliphatic heterocycles. The van der Waals surface area contributed by atoms with E-state index in [1.54, 1.807) is 11.3 Å². The van der Waals surface area contributed by atoms with E-state index in [-0.39, 0.29) is 11.5 Å². The van der Waals surface area contributed by atoms with Crippen molar-refractivity contribution in [3.8, 4) is 0 Å². The molecule has 0 spiro atoms. The predicted octanol–water partition coefficient (Wildman–Crippen LogP) is 3.34. The number of carbonyl (C=O) groups is 2. The van der Waals surface area contributed by atoms with Gasteiger partial charge in [-0.2, -0.15) is 0 Å². The number of carbonyl (C=O) groups excluding carboxylic acids is 2. The molecular weight excluding hydrogens is 329 g/mol. The van der Waals surface area contributed by atoms with Crippen LogP contribution in [0.3, 0.4) is 0 Å². The molecule has 0 radical (unpaired) electrons. The second-order valence-electron chi connectivity index (χ2n) is 5.71. The fraction of sp³-hybridized carbons (Fsp3) is 0.353. The molecule has 2 aromatic rings. The molecule has 128 valence electrons. The van der Waals surface area contributed by atoms with Crippen molar-refractivity contribution in [1.82, 2.24) is 10.3 Å². The lowest BCUT2D eigenvalue weighted by molar-refractivity contribution is -0.114. The number of anilines is 1. The average Bonchev–Trinajstić information content (AvgIpc) is 2.97. The molecule has 0 aliphatic rings. The molecule has 2 N–H and O–H groups in total. The van der Waals surface area contributed by atoms with Crippen molar-refractivity contribution in [2.24, 2.45) is 0 Å². The van der Waals surface area contributed by atoms with Crippen LogP contribution >= 0.6 is 11.3 Å². The lowest BCUT2D eigenvalue weighted by Crippen LogP contribution is -2.26. The van der Waals surface area contributed by atoms with Gasteiger partial charge in [-0.05, 0) is 18.2 Å². The van der Waals surface area contributed by atoms with Crippen molar-refractivity contribution in [3.05, 3.63) is 45.7 Å². The number of hydrogen-bond donors (Lipinski definition) is 2. The lowest BCUT2D eigenvalue weighted by atomic mass is 10.1. The van der Waals surface area contributed by atoms with E-state index >= 15 is 0 Å². The van der Waals surface area contributed by atoms with Crippen LogP contribution in [0.5, 0.6) is 0 Å². The predicted molar refractivity (Wildman–Crippen MR) is 92.9 cm³/mol. The van der Waals surface area contributed by atoms with E-state index in [0.29, 0.717) is 24.6 Å². The van der Waals surface area contributed by atoms with E-state index in [2.05, 4.69) is 29.5 Å². The first-order chi connectivity index (χ1) is 11.4. The van der Waals surface area contributed by atoms with Crippen LogP contribution in [0, 0.1) is 5.82 Å². The van der Waals surface area contributed by atoms with Gasteiger partial charge in [0, 0.05) is 36.9 Å². The van der Waals surface area contributed by atoms with Gasteiger partial charge in [0.25, 0.3) is 5.91 Å². The highest BCUT2D eigenvalue weighted by Gasteiger charge is 2.13. The maximum Gasteiger partial charge on any atom is 0.254 e. The monoisotopic (exact) mass is 349 g/mol. The highest BCUT2D eigenvalue weighted by atomic mass is 32.1. The smallest absolute Gasteiger partial charge is 0.254 e. The van der Waals surface area contributed by atoms with Crippen molar-refractivity contribution in [2.75, 3.05) is 11.9 Å². The SMILES string of the molecule is CC(=O)Nc1ccc(F)c(C(=O)NCCc2csc(C(C)C)n2)c1. The molecule has 1 heterocycles. The minimum atomic E-state index is -0.627. The fourth-order valence-electron chi connectivity index (χ4n) is 2.08. The van der Waals surface area contributed by atoms with Gasteiger partial charge in [0.2, 0.25) is 5.91 Å². The Balaban J connectivity index is 1.95. The third-order valence-electron chi connectivity index (χ3n) is 3.26. The van der Waals surface area contributed by atoms with E-state index in [1.807, 2.05) is 5.38 Å². The second kappa shape index (κ2) is 8.01. The topological polar surface area (TPSA) is 71.1 Å². The number of hydrogen-bond acceptors (Lipinski definition) is 4. The van der Waals surface area contributed by atoms with E-state index in [4.69, 9.17) is 0 Å². The van der Waals surface area contributed by atoms with Gasteiger partial charge in [-0.1, -0.05) is 13.8 Å². The van der Waals surface area contributed by atoms with Crippen molar-refractivity contribution in [2.45, 2.75) is 33.1 Å². The first-order valence-electron chi connectivity index (χ1n) is 7.66. The summed E-state index contributed by atoms with van der Waals surface area (Å²) in [6.07, 6.45) is 0.585. The van der Waals surface area contributed by atoms with Gasteiger partial charge < -0.3 is 10.6 Å². The molecule has 7 heteroatoms. The van der Waals surface area contributed by atoms with Crippen LogP contribution in [0.1, 0.15) is 47.7 Å². The van der Waals surface area contributed by atoms with Crippen molar-refractivity contribution in [3.63, 3.8) is 0 Å². The van der Waals surface area contributed by atoms with Gasteiger partial charge >= 0.3 is 0 Å². The average molecular weight is 349 g/mol. The Morgan fingerprint density at radius 3 is 2.71 bits per heavy atom. The zero-order valence-corrected chi connectivity index (χ0v) is 14.7. The van der Waals surface area contributed by atoms with E-state index in [9.17, 15) is 14.0 Å². The second-order valence-corrected chi connectivity index (χ2v) is 6.60. The number of nitrogens with one attached hydrogen (secondary N) is 2. The van der Waals surface area contributed by atoms with Crippen LogP contribution in [0.2, 0.25) is 0 Å². The largest absolute Gasteiger partial charge is 0.352 e. The van der Waals surface area contributed by atoms with Crippen molar-refractivity contribution >= 4 is 28.8 Å². The fourth-order valence-corrected chi connectivity index (χ4v) is 2.95. The molecule has 24 heavy (non-hydrogen) atoms. The van der Waals surface area contributed by atoms with Crippen LogP contribution in [-0.2, 0) is 11.2 Å². The summed E-state index contributed by atoms with van der Waals surface area (Å²) in [5.41, 5.74) is 1.20. The molecule has 0 aliphatic carbocycles. The maximum atomic E-state index is 13.8. The Morgan fingerprint density at radius 1 is 1.33 bits per heavy atom. The maximum absolute atomic E-state index is 13.8. The van der Waals surface area contributed by atoms with Crippen LogP contribution < -0.4 is 10.6 Å². The first-order valence-corrected chi connectivity index (χ1v) is 8.54. The minimum absolute atomic E-state index is 0.0950. The number of aromatic nitrogens is 1. The molecule has 1 aromatic heterocycles. The number of amides is 2. The summed E-state index contributed by atoms with van der Waals surface area (Å²) in [7, 11) is 0. The highest BCUT2D eigenvalue weighted by molar-refractivity contribution is 7.09. The first kappa shape index (κ1) is 18.1. The lowest BCUT2D eigenvalue weighted by Gasteiger charge is -2.08. The van der Waals surface area contributed by atoms with Gasteiger partial charge in [0.05, 0.1) is 16.3 Å². The summed E-state index contributed by atoms with van der Waals surface area (Å²) in [4.78, 5) is 27.7. The molecule has 0 fully saturated rings. The molecule has 5 nitrogen and oxygen atoms in total. The number of halogens is 1. The van der Waals surface area contributed by atoms with Gasteiger partial charge in [-0.3, -0.25) is 9.59 Å². The summed E-state index contributed by atoms with van der Waals surface area (Å²) >= 11 is 1.60. The number of nitrogens with zero attached hydrogens (tertiary/aromatic N) is 1. The number of rotatable bonds is 6. The van der Waals surface area contributed by atoms with E-state index in [1.165, 1.54) is 19.1 Å². The molecule has 1 aromatic carbocycles. The zero-order valence-electron chi connectivity index (χ0n) is 13.9. The molecule has 2 amide bonds. The number of thiazole rings is 1. The Kier molecular flexibility index (Phi) is 6.03. The Hall–Kier alpha value is -2.28. The molecule has 0 saturated carbocycles. The molecule has 0 atom stereocenters. The molecule has 0 saturated heterocycles. The van der Waals surface area contributed by atoms with Crippen LogP contribution in [-0.4, -0.2) is 23.3 Å². The zero-order chi connectivity index (χ0) is 17.7. The molecule has 0 unspecified atom stereocenters. The Morgan fingerprint density at radius 2 is 2.08 bits per heavy atom. The summed E-state index contributed by atoms with van der Waals surface area (Å²) in [6.45, 7) is 5.87. The van der Waals surface area contributed by atoms with Crippen LogP contribution in [0.25, 0.3) is 0 Å². The Labute approximate surface area is 144 Å². The van der Waals surface area contributed by atoms with E-state index < -0.39 is 11.7 Å². The van der Waals surface area contributed by atoms with E-state index in [0.717, 1.165) is 16.8 Å². The summed E-state index contributed by atoms with van der Waals surface area (Å²) < 4.78 is 13.8. The molecule has 0 bridgehead atoms. The Bertz CT molecular complexity index is 743. The molecular formula is C17H20FN3O2S. The highest BCUT2D eigenvalue weighted by Crippen LogP contribution is 2.19. The van der Waals surface area contributed by atoms with Crippen molar-refractivity contribution < 1.29 is 14.0 Å². The standard InChI is InChI=1S/C17H20FN3O2S/c1-10(2)17-21-13(9-24-17)6-7-19-16(23)14-8-12(20-11(3)22)4-5-15(14)18/h4-5,8-10H,6-7H2,1-3H3,(H,19,23)(H,20,22). The van der Waals surface area contributed by atoms with Crippen LogP contribution in [0.15, 0.2) is 23.6 Å². The minimum Gasteiger partial charge on any atom is -0.352 e. The van der Waals surface area contributed by atoms with Gasteiger partial charge in [0.1, 0.15) is 5.82 Å². The van der Waals surface area contributed by atoms with Gasteiger partial charge in [-0.15, -0.1) is 11.3 Å². The summed E-state index contributed by atoms with van der Waals surface area (Å²) in [5.74, 6) is -1.04. The van der Waals surface area contributed by atoms with Gasteiger partial charge in [-0.25, -0.2) is 9.37 Å². The normalized spacial score (nSPS) is 10.7. The molecule has 2 rings (SSSR count).